The molecule has 2 heterocycles. The molecule has 3 N–H and O–H groups in total. The van der Waals surface area contributed by atoms with Crippen molar-refractivity contribution in [3.63, 3.8) is 0 Å². The molecule has 1 aromatic rings. The fourth-order valence-electron chi connectivity index (χ4n) is 1.84. The highest BCUT2D eigenvalue weighted by Crippen LogP contribution is 2.20. The van der Waals surface area contributed by atoms with Crippen LogP contribution in [-0.2, 0) is 4.74 Å². The van der Waals surface area contributed by atoms with E-state index in [2.05, 4.69) is 9.97 Å². The van der Waals surface area contributed by atoms with Crippen molar-refractivity contribution in [2.45, 2.75) is 18.4 Å². The van der Waals surface area contributed by atoms with E-state index < -0.39 is 18.4 Å². The largest absolute Gasteiger partial charge is 0.387 e. The second-order valence-corrected chi connectivity index (χ2v) is 3.97. The van der Waals surface area contributed by atoms with Gasteiger partial charge in [0.05, 0.1) is 6.54 Å². The maximum atomic E-state index is 13.6. The molecule has 0 aromatic carbocycles. The van der Waals surface area contributed by atoms with Crippen LogP contribution in [0, 0.1) is 0 Å². The zero-order valence-electron chi connectivity index (χ0n) is 9.45. The Hall–Kier alpha value is -1.47. The minimum absolute atomic E-state index is 0.0322. The van der Waals surface area contributed by atoms with Crippen LogP contribution in [0.1, 0.15) is 0 Å². The highest BCUT2D eigenvalue weighted by Gasteiger charge is 2.37. The number of nitrogen functional groups attached to an aromatic ring is 1. The van der Waals surface area contributed by atoms with Gasteiger partial charge in [0, 0.05) is 19.9 Å². The maximum absolute atomic E-state index is 13.6. The Morgan fingerprint density at radius 1 is 1.59 bits per heavy atom. The van der Waals surface area contributed by atoms with Gasteiger partial charge >= 0.3 is 0 Å². The topological polar surface area (TPSA) is 84.5 Å². The van der Waals surface area contributed by atoms with Gasteiger partial charge in [0.1, 0.15) is 24.2 Å². The first-order valence-electron chi connectivity index (χ1n) is 5.30. The lowest BCUT2D eigenvalue weighted by Gasteiger charge is -2.37. The van der Waals surface area contributed by atoms with E-state index in [9.17, 15) is 9.50 Å². The van der Waals surface area contributed by atoms with Crippen LogP contribution >= 0.6 is 0 Å². The van der Waals surface area contributed by atoms with Gasteiger partial charge in [-0.3, -0.25) is 0 Å². The summed E-state index contributed by atoms with van der Waals surface area (Å²) in [4.78, 5) is 9.65. The first kappa shape index (κ1) is 12.0. The van der Waals surface area contributed by atoms with E-state index in [1.54, 1.807) is 11.0 Å². The SMILES string of the molecule is COC1CN(c2nccc(N)n2)CC(F)C1O. The van der Waals surface area contributed by atoms with E-state index in [4.69, 9.17) is 10.5 Å². The van der Waals surface area contributed by atoms with Crippen LogP contribution in [0.15, 0.2) is 12.3 Å². The number of hydrogen-bond donors (Lipinski definition) is 2. The van der Waals surface area contributed by atoms with E-state index in [1.807, 2.05) is 0 Å². The van der Waals surface area contributed by atoms with Crippen molar-refractivity contribution in [3.8, 4) is 0 Å². The van der Waals surface area contributed by atoms with Crippen LogP contribution in [0.4, 0.5) is 16.2 Å². The fraction of sp³-hybridized carbons (Fsp3) is 0.600. The van der Waals surface area contributed by atoms with Gasteiger partial charge in [0.2, 0.25) is 5.95 Å². The van der Waals surface area contributed by atoms with Crippen molar-refractivity contribution >= 4 is 11.8 Å². The van der Waals surface area contributed by atoms with Crippen LogP contribution in [-0.4, -0.2) is 53.7 Å². The van der Waals surface area contributed by atoms with Crippen molar-refractivity contribution in [3.05, 3.63) is 12.3 Å². The number of nitrogens with zero attached hydrogens (tertiary/aromatic N) is 3. The lowest BCUT2D eigenvalue weighted by molar-refractivity contribution is -0.0582. The maximum Gasteiger partial charge on any atom is 0.227 e. The molecule has 0 spiro atoms. The molecule has 1 aliphatic heterocycles. The second kappa shape index (κ2) is 4.80. The molecule has 6 nitrogen and oxygen atoms in total. The van der Waals surface area contributed by atoms with Crippen molar-refractivity contribution in [2.24, 2.45) is 0 Å². The van der Waals surface area contributed by atoms with Gasteiger partial charge in [0.25, 0.3) is 0 Å². The highest BCUT2D eigenvalue weighted by molar-refractivity contribution is 5.38. The van der Waals surface area contributed by atoms with E-state index in [-0.39, 0.29) is 6.54 Å². The number of methoxy groups -OCH3 is 1. The first-order valence-corrected chi connectivity index (χ1v) is 5.30. The molecule has 94 valence electrons. The minimum Gasteiger partial charge on any atom is -0.387 e. The average Bonchev–Trinajstić information content (AvgIpc) is 2.32. The van der Waals surface area contributed by atoms with Gasteiger partial charge < -0.3 is 20.5 Å². The molecule has 0 saturated carbocycles. The first-order chi connectivity index (χ1) is 8.11. The highest BCUT2D eigenvalue weighted by atomic mass is 19.1. The number of alkyl halides is 1. The molecule has 0 aliphatic carbocycles. The lowest BCUT2D eigenvalue weighted by atomic mass is 10.0. The van der Waals surface area contributed by atoms with Crippen molar-refractivity contribution in [1.82, 2.24) is 9.97 Å². The summed E-state index contributed by atoms with van der Waals surface area (Å²) >= 11 is 0. The summed E-state index contributed by atoms with van der Waals surface area (Å²) < 4.78 is 18.6. The normalized spacial score (nSPS) is 29.4. The van der Waals surface area contributed by atoms with Gasteiger partial charge in [-0.05, 0) is 6.07 Å². The van der Waals surface area contributed by atoms with E-state index in [0.717, 1.165) is 0 Å². The third-order valence-corrected chi connectivity index (χ3v) is 2.80. The standard InChI is InChI=1S/C10H15FN4O2/c1-17-7-5-15(4-6(11)9(7)16)10-13-3-2-8(12)14-10/h2-3,6-7,9,16H,4-5H2,1H3,(H2,12,13,14). The zero-order chi connectivity index (χ0) is 12.4. The molecule has 3 atom stereocenters. The van der Waals surface area contributed by atoms with Crippen LogP contribution in [0.2, 0.25) is 0 Å². The summed E-state index contributed by atoms with van der Waals surface area (Å²) in [6.07, 6.45) is -1.59. The number of anilines is 2. The molecule has 17 heavy (non-hydrogen) atoms. The molecule has 0 amide bonds. The summed E-state index contributed by atoms with van der Waals surface area (Å²) in [6, 6.07) is 1.56. The molecule has 0 radical (unpaired) electrons. The fourth-order valence-corrected chi connectivity index (χ4v) is 1.84. The molecule has 1 aromatic heterocycles. The number of halogens is 1. The Labute approximate surface area is 98.2 Å². The van der Waals surface area contributed by atoms with Crippen LogP contribution in [0.3, 0.4) is 0 Å². The molecular weight excluding hydrogens is 227 g/mol. The molecule has 2 rings (SSSR count). The number of aliphatic hydroxyl groups is 1. The van der Waals surface area contributed by atoms with Crippen LogP contribution < -0.4 is 10.6 Å². The Morgan fingerprint density at radius 2 is 2.35 bits per heavy atom. The number of hydrogen-bond acceptors (Lipinski definition) is 6. The molecule has 1 saturated heterocycles. The van der Waals surface area contributed by atoms with Gasteiger partial charge in [-0.1, -0.05) is 0 Å². The number of ether oxygens (including phenoxy) is 1. The molecule has 0 bridgehead atoms. The van der Waals surface area contributed by atoms with Crippen LogP contribution in [0.5, 0.6) is 0 Å². The quantitative estimate of drug-likeness (QED) is 0.733. The molecule has 1 aliphatic rings. The average molecular weight is 242 g/mol. The predicted octanol–water partition coefficient (Wildman–Crippen LogP) is -0.407. The Bertz CT molecular complexity index is 392. The Kier molecular flexibility index (Phi) is 3.39. The predicted molar refractivity (Wildman–Crippen MR) is 60.4 cm³/mol. The van der Waals surface area contributed by atoms with Crippen LogP contribution in [0.25, 0.3) is 0 Å². The summed E-state index contributed by atoms with van der Waals surface area (Å²) in [5.41, 5.74) is 5.54. The Balaban J connectivity index is 2.17. The monoisotopic (exact) mass is 242 g/mol. The summed E-state index contributed by atoms with van der Waals surface area (Å²) in [5.74, 6) is 0.673. The third kappa shape index (κ3) is 2.45. The van der Waals surface area contributed by atoms with Crippen molar-refractivity contribution in [1.29, 1.82) is 0 Å². The van der Waals surface area contributed by atoms with Gasteiger partial charge in [0.15, 0.2) is 0 Å². The number of piperidine rings is 1. The molecule has 3 unspecified atom stereocenters. The van der Waals surface area contributed by atoms with E-state index in [0.29, 0.717) is 18.3 Å². The number of rotatable bonds is 2. The molecular formula is C10H15FN4O2. The number of aromatic nitrogens is 2. The van der Waals surface area contributed by atoms with Gasteiger partial charge in [-0.2, -0.15) is 4.98 Å². The number of aliphatic hydroxyl groups excluding tert-OH is 1. The van der Waals surface area contributed by atoms with E-state index in [1.165, 1.54) is 13.3 Å². The summed E-state index contributed by atoms with van der Waals surface area (Å²) in [5, 5.41) is 9.56. The van der Waals surface area contributed by atoms with E-state index >= 15 is 0 Å². The second-order valence-electron chi connectivity index (χ2n) is 3.97. The third-order valence-electron chi connectivity index (χ3n) is 2.80. The van der Waals surface area contributed by atoms with Gasteiger partial charge in [-0.25, -0.2) is 9.37 Å². The van der Waals surface area contributed by atoms with Gasteiger partial charge in [-0.15, -0.1) is 0 Å². The van der Waals surface area contributed by atoms with Crippen molar-refractivity contribution in [2.75, 3.05) is 30.8 Å². The zero-order valence-corrected chi connectivity index (χ0v) is 9.45. The number of nitrogens with two attached hydrogens (primary N) is 1. The molecule has 7 heteroatoms. The summed E-state index contributed by atoms with van der Waals surface area (Å²) in [7, 11) is 1.43. The lowest BCUT2D eigenvalue weighted by Crippen LogP contribution is -2.55. The van der Waals surface area contributed by atoms with Crippen molar-refractivity contribution < 1.29 is 14.2 Å². The Morgan fingerprint density at radius 3 is 3.00 bits per heavy atom. The minimum atomic E-state index is -1.39. The summed E-state index contributed by atoms with van der Waals surface area (Å²) in [6.45, 7) is 0.367. The molecule has 1 fully saturated rings. The smallest absolute Gasteiger partial charge is 0.227 e.